The van der Waals surface area contributed by atoms with Gasteiger partial charge in [0.25, 0.3) is 5.91 Å². The molecule has 124 valence electrons. The van der Waals surface area contributed by atoms with Crippen molar-refractivity contribution in [3.05, 3.63) is 30.1 Å². The molecular formula is C14H15FN2O4S2. The molecule has 1 amide bonds. The van der Waals surface area contributed by atoms with Gasteiger partial charge < -0.3 is 9.64 Å². The van der Waals surface area contributed by atoms with E-state index in [0.717, 1.165) is 0 Å². The molecule has 2 aliphatic rings. The Hall–Kier alpha value is -1.45. The van der Waals surface area contributed by atoms with Crippen LogP contribution in [0.4, 0.5) is 10.1 Å². The molecule has 2 atom stereocenters. The number of anilines is 1. The Bertz CT molecular complexity index is 749. The Kier molecular flexibility index (Phi) is 4.43. The number of aliphatic imine (C=N–C) groups is 1. The van der Waals surface area contributed by atoms with E-state index in [1.165, 1.54) is 31.0 Å². The number of rotatable bonds is 3. The molecule has 0 N–H and O–H groups in total. The number of fused-ring (bicyclic) bond motifs is 1. The quantitative estimate of drug-likeness (QED) is 0.805. The average molecular weight is 358 g/mol. The molecule has 0 bridgehead atoms. The second-order valence-corrected chi connectivity index (χ2v) is 8.73. The molecule has 1 aromatic carbocycles. The van der Waals surface area contributed by atoms with Crippen LogP contribution in [0.25, 0.3) is 0 Å². The summed E-state index contributed by atoms with van der Waals surface area (Å²) in [6.45, 7) is -0.144. The molecule has 1 aromatic rings. The summed E-state index contributed by atoms with van der Waals surface area (Å²) < 4.78 is 41.7. The highest BCUT2D eigenvalue weighted by Crippen LogP contribution is 2.40. The van der Waals surface area contributed by atoms with Crippen LogP contribution in [-0.4, -0.2) is 56.0 Å². The fourth-order valence-corrected chi connectivity index (χ4v) is 6.66. The van der Waals surface area contributed by atoms with E-state index in [2.05, 4.69) is 4.99 Å². The third-order valence-electron chi connectivity index (χ3n) is 3.66. The second kappa shape index (κ2) is 6.21. The summed E-state index contributed by atoms with van der Waals surface area (Å²) in [7, 11) is -1.72. The van der Waals surface area contributed by atoms with Gasteiger partial charge in [0.15, 0.2) is 15.0 Å². The lowest BCUT2D eigenvalue weighted by Gasteiger charge is -2.24. The van der Waals surface area contributed by atoms with Gasteiger partial charge in [0, 0.05) is 18.0 Å². The Morgan fingerprint density at radius 1 is 1.39 bits per heavy atom. The average Bonchev–Trinajstić information content (AvgIpc) is 2.91. The maximum absolute atomic E-state index is 13.2. The zero-order valence-corrected chi connectivity index (χ0v) is 13.9. The van der Waals surface area contributed by atoms with E-state index in [-0.39, 0.29) is 35.2 Å². The normalized spacial score (nSPS) is 27.4. The van der Waals surface area contributed by atoms with E-state index in [1.54, 1.807) is 17.0 Å². The number of ether oxygens (including phenoxy) is 1. The molecule has 0 aromatic heterocycles. The zero-order chi connectivity index (χ0) is 16.6. The van der Waals surface area contributed by atoms with Crippen LogP contribution < -0.4 is 4.90 Å². The Morgan fingerprint density at radius 3 is 2.74 bits per heavy atom. The van der Waals surface area contributed by atoms with Gasteiger partial charge in [0.1, 0.15) is 12.4 Å². The first-order valence-electron chi connectivity index (χ1n) is 6.92. The molecular weight excluding hydrogens is 343 g/mol. The summed E-state index contributed by atoms with van der Waals surface area (Å²) in [5.41, 5.74) is 0.618. The molecule has 9 heteroatoms. The van der Waals surface area contributed by atoms with Crippen LogP contribution in [0.1, 0.15) is 0 Å². The molecule has 2 saturated heterocycles. The molecule has 2 unspecified atom stereocenters. The minimum Gasteiger partial charge on any atom is -0.375 e. The van der Waals surface area contributed by atoms with Crippen LogP contribution in [0.5, 0.6) is 0 Å². The van der Waals surface area contributed by atoms with E-state index < -0.39 is 15.7 Å². The molecule has 2 heterocycles. The number of carbonyl (C=O) groups is 1. The highest BCUT2D eigenvalue weighted by molar-refractivity contribution is 8.16. The fraction of sp³-hybridized carbons (Fsp3) is 0.429. The number of sulfone groups is 1. The van der Waals surface area contributed by atoms with Gasteiger partial charge in [-0.05, 0) is 24.3 Å². The molecule has 0 saturated carbocycles. The lowest BCUT2D eigenvalue weighted by molar-refractivity contribution is -0.121. The predicted molar refractivity (Wildman–Crippen MR) is 87.0 cm³/mol. The number of amides is 1. The van der Waals surface area contributed by atoms with Crippen molar-refractivity contribution in [2.24, 2.45) is 4.99 Å². The van der Waals surface area contributed by atoms with E-state index in [0.29, 0.717) is 10.9 Å². The van der Waals surface area contributed by atoms with Crippen molar-refractivity contribution < 1.29 is 22.3 Å². The number of halogens is 1. The maximum Gasteiger partial charge on any atom is 0.274 e. The lowest BCUT2D eigenvalue weighted by atomic mass is 10.2. The van der Waals surface area contributed by atoms with Crippen LogP contribution in [0.15, 0.2) is 29.3 Å². The van der Waals surface area contributed by atoms with Gasteiger partial charge >= 0.3 is 0 Å². The molecule has 0 spiro atoms. The number of nitrogens with zero attached hydrogens (tertiary/aromatic N) is 2. The molecule has 6 nitrogen and oxygen atoms in total. The van der Waals surface area contributed by atoms with Crippen molar-refractivity contribution in [2.45, 2.75) is 11.3 Å². The number of hydrogen-bond acceptors (Lipinski definition) is 5. The summed E-state index contributed by atoms with van der Waals surface area (Å²) in [4.78, 5) is 17.5. The molecule has 2 aliphatic heterocycles. The minimum absolute atomic E-state index is 0.000465. The Morgan fingerprint density at radius 2 is 2.09 bits per heavy atom. The number of methoxy groups -OCH3 is 1. The molecule has 2 fully saturated rings. The van der Waals surface area contributed by atoms with Gasteiger partial charge in [0.2, 0.25) is 0 Å². The Balaban J connectivity index is 1.97. The summed E-state index contributed by atoms with van der Waals surface area (Å²) >= 11 is 1.27. The van der Waals surface area contributed by atoms with Gasteiger partial charge in [0.05, 0.1) is 17.5 Å². The van der Waals surface area contributed by atoms with Crippen LogP contribution in [0, 0.1) is 5.82 Å². The number of carbonyl (C=O) groups excluding carboxylic acids is 1. The van der Waals surface area contributed by atoms with Crippen molar-refractivity contribution in [2.75, 3.05) is 30.1 Å². The minimum atomic E-state index is -3.12. The van der Waals surface area contributed by atoms with E-state index in [9.17, 15) is 17.6 Å². The number of hydrogen-bond donors (Lipinski definition) is 0. The molecule has 3 rings (SSSR count). The highest BCUT2D eigenvalue weighted by atomic mass is 32.2. The van der Waals surface area contributed by atoms with Crippen molar-refractivity contribution in [3.8, 4) is 0 Å². The van der Waals surface area contributed by atoms with Gasteiger partial charge in [-0.1, -0.05) is 11.8 Å². The SMILES string of the molecule is COCC(=O)N=C1SC2CS(=O)(=O)CC2N1c1ccc(F)cc1. The third-order valence-corrected chi connectivity index (χ3v) is 6.87. The summed E-state index contributed by atoms with van der Waals surface area (Å²) in [5, 5.41) is 0.253. The van der Waals surface area contributed by atoms with Crippen molar-refractivity contribution in [1.29, 1.82) is 0 Å². The van der Waals surface area contributed by atoms with Crippen molar-refractivity contribution in [3.63, 3.8) is 0 Å². The van der Waals surface area contributed by atoms with Crippen LogP contribution in [-0.2, 0) is 19.4 Å². The van der Waals surface area contributed by atoms with Crippen LogP contribution in [0.2, 0.25) is 0 Å². The summed E-state index contributed by atoms with van der Waals surface area (Å²) in [6.07, 6.45) is 0. The van der Waals surface area contributed by atoms with E-state index >= 15 is 0 Å². The first kappa shape index (κ1) is 16.4. The number of amidine groups is 1. The molecule has 0 radical (unpaired) electrons. The zero-order valence-electron chi connectivity index (χ0n) is 12.3. The molecule has 0 aliphatic carbocycles. The smallest absolute Gasteiger partial charge is 0.274 e. The third kappa shape index (κ3) is 3.41. The molecule has 23 heavy (non-hydrogen) atoms. The lowest BCUT2D eigenvalue weighted by Crippen LogP contribution is -2.37. The summed E-state index contributed by atoms with van der Waals surface area (Å²) in [6, 6.07) is 5.40. The van der Waals surface area contributed by atoms with Gasteiger partial charge in [-0.25, -0.2) is 12.8 Å². The monoisotopic (exact) mass is 358 g/mol. The van der Waals surface area contributed by atoms with Crippen molar-refractivity contribution in [1.82, 2.24) is 0 Å². The first-order valence-corrected chi connectivity index (χ1v) is 9.62. The topological polar surface area (TPSA) is 76.0 Å². The van der Waals surface area contributed by atoms with E-state index in [4.69, 9.17) is 4.74 Å². The predicted octanol–water partition coefficient (Wildman–Crippen LogP) is 1.07. The number of thioether (sulfide) groups is 1. The van der Waals surface area contributed by atoms with Crippen LogP contribution >= 0.6 is 11.8 Å². The van der Waals surface area contributed by atoms with Crippen LogP contribution in [0.3, 0.4) is 0 Å². The Labute approximate surface area is 137 Å². The van der Waals surface area contributed by atoms with E-state index in [1.807, 2.05) is 0 Å². The standard InChI is InChI=1S/C14H15FN2O4S2/c1-21-6-13(18)16-14-17(10-4-2-9(15)3-5-10)11-7-23(19,20)8-12(11)22-14/h2-5,11-12H,6-8H2,1H3. The van der Waals surface area contributed by atoms with Gasteiger partial charge in [-0.2, -0.15) is 4.99 Å². The maximum atomic E-state index is 13.2. The second-order valence-electron chi connectivity index (χ2n) is 5.37. The highest BCUT2D eigenvalue weighted by Gasteiger charge is 2.49. The largest absolute Gasteiger partial charge is 0.375 e. The van der Waals surface area contributed by atoms with Gasteiger partial charge in [-0.15, -0.1) is 0 Å². The first-order chi connectivity index (χ1) is 10.9. The van der Waals surface area contributed by atoms with Gasteiger partial charge in [-0.3, -0.25) is 4.79 Å². The summed E-state index contributed by atoms with van der Waals surface area (Å²) in [5.74, 6) is -0.771. The fourth-order valence-electron chi connectivity index (χ4n) is 2.73. The number of benzene rings is 1. The van der Waals surface area contributed by atoms with Crippen molar-refractivity contribution >= 4 is 38.4 Å².